The normalized spacial score (nSPS) is 12.6. The number of rotatable bonds is 8. The van der Waals surface area contributed by atoms with Crippen LogP contribution >= 0.6 is 0 Å². The Bertz CT molecular complexity index is 3610. The molecular formula is C64H48N2. The molecular weight excluding hydrogens is 797 g/mol. The van der Waals surface area contributed by atoms with Crippen LogP contribution in [-0.2, 0) is 5.41 Å². The molecule has 0 N–H and O–H groups in total. The van der Waals surface area contributed by atoms with E-state index in [2.05, 4.69) is 267 Å². The standard InChI is InChI=1S/C64H48N2/c1-43-40-47(45-20-8-5-9-21-45)34-39-59(43)65(50-35-32-46(33-36-50)44-18-6-4-7-19-44)60-29-14-11-24-52(60)48-22-16-23-49(41-48)53-27-17-31-62-63(53)56-26-12-15-30-61(56)66(62)51-37-38-55-54-25-10-13-28-57(54)64(2,3)58(55)42-51/h4-42H,1-3H3. The molecule has 11 aromatic rings. The van der Waals surface area contributed by atoms with Crippen LogP contribution in [0.5, 0.6) is 0 Å². The van der Waals surface area contributed by atoms with Crippen molar-refractivity contribution in [2.45, 2.75) is 26.2 Å². The maximum Gasteiger partial charge on any atom is 0.0547 e. The Morgan fingerprint density at radius 2 is 0.924 bits per heavy atom. The quantitative estimate of drug-likeness (QED) is 0.148. The Balaban J connectivity index is 0.991. The van der Waals surface area contributed by atoms with Gasteiger partial charge in [0.05, 0.1) is 16.7 Å². The lowest BCUT2D eigenvalue weighted by atomic mass is 9.82. The van der Waals surface area contributed by atoms with E-state index >= 15 is 0 Å². The maximum absolute atomic E-state index is 2.47. The lowest BCUT2D eigenvalue weighted by Gasteiger charge is -2.30. The number of nitrogens with zero attached hydrogens (tertiary/aromatic N) is 2. The van der Waals surface area contributed by atoms with Crippen molar-refractivity contribution in [3.8, 4) is 61.3 Å². The fourth-order valence-electron chi connectivity index (χ4n) is 10.7. The average molecular weight is 845 g/mol. The maximum atomic E-state index is 2.47. The molecule has 0 radical (unpaired) electrons. The van der Waals surface area contributed by atoms with E-state index < -0.39 is 0 Å². The Hall–Kier alpha value is -8.20. The summed E-state index contributed by atoms with van der Waals surface area (Å²) in [5, 5.41) is 2.51. The number of aromatic nitrogens is 1. The number of anilines is 3. The van der Waals surface area contributed by atoms with Crippen molar-refractivity contribution >= 4 is 38.9 Å². The van der Waals surface area contributed by atoms with Crippen LogP contribution < -0.4 is 4.90 Å². The molecule has 12 rings (SSSR count). The van der Waals surface area contributed by atoms with Gasteiger partial charge in [0.1, 0.15) is 0 Å². The lowest BCUT2D eigenvalue weighted by molar-refractivity contribution is 0.660. The predicted molar refractivity (Wildman–Crippen MR) is 280 cm³/mol. The monoisotopic (exact) mass is 844 g/mol. The summed E-state index contributed by atoms with van der Waals surface area (Å²) in [6, 6.07) is 86.8. The largest absolute Gasteiger partial charge is 0.310 e. The fraction of sp³-hybridized carbons (Fsp3) is 0.0625. The molecule has 0 aliphatic heterocycles. The zero-order chi connectivity index (χ0) is 44.4. The van der Waals surface area contributed by atoms with E-state index in [1.165, 1.54) is 88.7 Å². The SMILES string of the molecule is Cc1cc(-c2ccccc2)ccc1N(c1ccc(-c2ccccc2)cc1)c1ccccc1-c1cccc(-c2cccc3c2c2ccccc2n3-c2ccc3c(c2)C(C)(C)c2ccccc2-3)c1. The number of benzene rings is 10. The number of fused-ring (bicyclic) bond motifs is 6. The highest BCUT2D eigenvalue weighted by Gasteiger charge is 2.35. The highest BCUT2D eigenvalue weighted by atomic mass is 15.1. The molecule has 10 aromatic carbocycles. The molecule has 314 valence electrons. The molecule has 1 heterocycles. The van der Waals surface area contributed by atoms with Gasteiger partial charge in [-0.05, 0) is 134 Å². The van der Waals surface area contributed by atoms with Gasteiger partial charge < -0.3 is 9.47 Å². The van der Waals surface area contributed by atoms with E-state index in [4.69, 9.17) is 0 Å². The molecule has 1 aromatic heterocycles. The molecule has 0 amide bonds. The van der Waals surface area contributed by atoms with Crippen molar-refractivity contribution in [3.05, 3.63) is 253 Å². The van der Waals surface area contributed by atoms with Crippen LogP contribution in [0.2, 0.25) is 0 Å². The molecule has 0 atom stereocenters. The first-order valence-corrected chi connectivity index (χ1v) is 23.0. The minimum atomic E-state index is -0.0892. The number of hydrogen-bond donors (Lipinski definition) is 0. The van der Waals surface area contributed by atoms with Gasteiger partial charge in [0.15, 0.2) is 0 Å². The van der Waals surface area contributed by atoms with Crippen LogP contribution in [0.3, 0.4) is 0 Å². The van der Waals surface area contributed by atoms with Crippen molar-refractivity contribution in [3.63, 3.8) is 0 Å². The van der Waals surface area contributed by atoms with Crippen LogP contribution in [0.25, 0.3) is 83.1 Å². The van der Waals surface area contributed by atoms with E-state index in [1.54, 1.807) is 0 Å². The summed E-state index contributed by atoms with van der Waals surface area (Å²) in [5.41, 5.74) is 23.0. The van der Waals surface area contributed by atoms with Crippen LogP contribution in [-0.4, -0.2) is 4.57 Å². The minimum Gasteiger partial charge on any atom is -0.310 e. The smallest absolute Gasteiger partial charge is 0.0547 e. The van der Waals surface area contributed by atoms with E-state index in [0.717, 1.165) is 28.2 Å². The second kappa shape index (κ2) is 15.8. The number of aryl methyl sites for hydroxylation is 1. The minimum absolute atomic E-state index is 0.0892. The van der Waals surface area contributed by atoms with Gasteiger partial charge >= 0.3 is 0 Å². The van der Waals surface area contributed by atoms with Gasteiger partial charge in [-0.2, -0.15) is 0 Å². The van der Waals surface area contributed by atoms with Crippen LogP contribution in [0.15, 0.2) is 237 Å². The highest BCUT2D eigenvalue weighted by molar-refractivity contribution is 6.16. The first-order valence-electron chi connectivity index (χ1n) is 23.0. The van der Waals surface area contributed by atoms with Crippen molar-refractivity contribution in [1.29, 1.82) is 0 Å². The molecule has 1 aliphatic carbocycles. The molecule has 2 nitrogen and oxygen atoms in total. The van der Waals surface area contributed by atoms with Gasteiger partial charge in [-0.1, -0.05) is 190 Å². The molecule has 0 unspecified atom stereocenters. The second-order valence-electron chi connectivity index (χ2n) is 18.2. The van der Waals surface area contributed by atoms with Crippen LogP contribution in [0.4, 0.5) is 17.1 Å². The van der Waals surface area contributed by atoms with Crippen molar-refractivity contribution in [2.75, 3.05) is 4.90 Å². The van der Waals surface area contributed by atoms with Gasteiger partial charge in [0.25, 0.3) is 0 Å². The third-order valence-electron chi connectivity index (χ3n) is 13.9. The third-order valence-corrected chi connectivity index (χ3v) is 13.9. The summed E-state index contributed by atoms with van der Waals surface area (Å²) in [4.78, 5) is 2.44. The van der Waals surface area contributed by atoms with Gasteiger partial charge in [-0.3, -0.25) is 0 Å². The van der Waals surface area contributed by atoms with E-state index in [9.17, 15) is 0 Å². The van der Waals surface area contributed by atoms with Gasteiger partial charge in [-0.25, -0.2) is 0 Å². The van der Waals surface area contributed by atoms with E-state index in [-0.39, 0.29) is 5.41 Å². The molecule has 0 saturated carbocycles. The third kappa shape index (κ3) is 6.48. The summed E-state index contributed by atoms with van der Waals surface area (Å²) < 4.78 is 2.47. The van der Waals surface area contributed by atoms with Crippen molar-refractivity contribution < 1.29 is 0 Å². The molecule has 0 bridgehead atoms. The molecule has 0 saturated heterocycles. The van der Waals surface area contributed by atoms with Crippen molar-refractivity contribution in [2.24, 2.45) is 0 Å². The zero-order valence-electron chi connectivity index (χ0n) is 37.4. The highest BCUT2D eigenvalue weighted by Crippen LogP contribution is 2.50. The summed E-state index contributed by atoms with van der Waals surface area (Å²) in [7, 11) is 0. The first kappa shape index (κ1) is 39.4. The summed E-state index contributed by atoms with van der Waals surface area (Å²) in [5.74, 6) is 0. The number of para-hydroxylation sites is 2. The molecule has 2 heteroatoms. The van der Waals surface area contributed by atoms with E-state index in [1.807, 2.05) is 0 Å². The summed E-state index contributed by atoms with van der Waals surface area (Å²) in [6.45, 7) is 6.95. The Kier molecular flexibility index (Phi) is 9.43. The van der Waals surface area contributed by atoms with Crippen LogP contribution in [0.1, 0.15) is 30.5 Å². The summed E-state index contributed by atoms with van der Waals surface area (Å²) >= 11 is 0. The first-order chi connectivity index (χ1) is 32.4. The molecule has 66 heavy (non-hydrogen) atoms. The van der Waals surface area contributed by atoms with Crippen LogP contribution in [0, 0.1) is 6.92 Å². The topological polar surface area (TPSA) is 8.17 Å². The molecule has 0 spiro atoms. The van der Waals surface area contributed by atoms with Gasteiger partial charge in [-0.15, -0.1) is 0 Å². The molecule has 1 aliphatic rings. The Morgan fingerprint density at radius 1 is 0.364 bits per heavy atom. The predicted octanol–water partition coefficient (Wildman–Crippen LogP) is 17.5. The Labute approximate surface area is 387 Å². The Morgan fingerprint density at radius 3 is 1.70 bits per heavy atom. The van der Waals surface area contributed by atoms with Gasteiger partial charge in [0.2, 0.25) is 0 Å². The summed E-state index contributed by atoms with van der Waals surface area (Å²) in [6.07, 6.45) is 0. The zero-order valence-corrected chi connectivity index (χ0v) is 37.4. The number of hydrogen-bond acceptors (Lipinski definition) is 1. The molecule has 0 fully saturated rings. The second-order valence-corrected chi connectivity index (χ2v) is 18.2. The van der Waals surface area contributed by atoms with Gasteiger partial charge in [0, 0.05) is 38.8 Å². The average Bonchev–Trinajstić information content (AvgIpc) is 3.83. The van der Waals surface area contributed by atoms with Crippen molar-refractivity contribution in [1.82, 2.24) is 4.57 Å². The van der Waals surface area contributed by atoms with E-state index in [0.29, 0.717) is 0 Å². The lowest BCUT2D eigenvalue weighted by Crippen LogP contribution is -2.15. The fourth-order valence-corrected chi connectivity index (χ4v) is 10.7.